The highest BCUT2D eigenvalue weighted by Gasteiger charge is 2.49. The summed E-state index contributed by atoms with van der Waals surface area (Å²) in [5, 5.41) is 9.42. The van der Waals surface area contributed by atoms with Crippen molar-refractivity contribution in [1.29, 1.82) is 0 Å². The number of piperidine rings is 1. The number of carbonyl (C=O) groups excluding carboxylic acids is 1. The van der Waals surface area contributed by atoms with Crippen molar-refractivity contribution in [3.05, 3.63) is 0 Å². The molecule has 1 N–H and O–H groups in total. The van der Waals surface area contributed by atoms with Gasteiger partial charge in [-0.1, -0.05) is 0 Å². The quantitative estimate of drug-likeness (QED) is 0.840. The molecule has 0 aromatic rings. The van der Waals surface area contributed by atoms with Crippen molar-refractivity contribution < 1.29 is 14.7 Å². The van der Waals surface area contributed by atoms with Crippen LogP contribution < -0.4 is 0 Å². The number of amides is 2. The van der Waals surface area contributed by atoms with Crippen molar-refractivity contribution in [1.82, 2.24) is 9.80 Å². The number of carboxylic acids is 1. The molecule has 2 unspecified atom stereocenters. The third-order valence-corrected chi connectivity index (χ3v) is 5.65. The zero-order valence-electron chi connectivity index (χ0n) is 11.0. The van der Waals surface area contributed by atoms with E-state index >= 15 is 0 Å². The highest BCUT2D eigenvalue weighted by molar-refractivity contribution is 8.00. The van der Waals surface area contributed by atoms with E-state index in [-0.39, 0.29) is 11.4 Å². The van der Waals surface area contributed by atoms with Gasteiger partial charge in [-0.15, -0.1) is 11.8 Å². The Bertz CT molecular complexity index is 380. The van der Waals surface area contributed by atoms with Crippen LogP contribution in [0.2, 0.25) is 0 Å². The van der Waals surface area contributed by atoms with Gasteiger partial charge < -0.3 is 10.0 Å². The molecule has 2 aliphatic heterocycles. The van der Waals surface area contributed by atoms with E-state index < -0.39 is 12.0 Å². The summed E-state index contributed by atoms with van der Waals surface area (Å²) in [5.74, 6) is 0.194. The summed E-state index contributed by atoms with van der Waals surface area (Å²) in [4.78, 5) is 27.5. The summed E-state index contributed by atoms with van der Waals surface area (Å²) in [5.41, 5.74) is 0. The molecule has 106 valence electrons. The Labute approximate surface area is 117 Å². The Morgan fingerprint density at radius 2 is 1.79 bits per heavy atom. The normalized spacial score (nSPS) is 31.6. The van der Waals surface area contributed by atoms with Crippen molar-refractivity contribution in [2.75, 3.05) is 18.8 Å². The van der Waals surface area contributed by atoms with Crippen molar-refractivity contribution in [3.63, 3.8) is 0 Å². The van der Waals surface area contributed by atoms with Crippen molar-refractivity contribution >= 4 is 23.8 Å². The lowest BCUT2D eigenvalue weighted by Crippen LogP contribution is -2.53. The Kier molecular flexibility index (Phi) is 3.60. The second-order valence-electron chi connectivity index (χ2n) is 5.65. The van der Waals surface area contributed by atoms with Crippen LogP contribution in [0.4, 0.5) is 4.79 Å². The molecule has 3 fully saturated rings. The Morgan fingerprint density at radius 3 is 2.37 bits per heavy atom. The topological polar surface area (TPSA) is 60.9 Å². The van der Waals surface area contributed by atoms with E-state index in [9.17, 15) is 14.7 Å². The predicted octanol–water partition coefficient (Wildman–Crippen LogP) is 1.83. The van der Waals surface area contributed by atoms with Gasteiger partial charge in [0.1, 0.15) is 6.04 Å². The van der Waals surface area contributed by atoms with Crippen LogP contribution in [0.5, 0.6) is 0 Å². The molecule has 1 saturated carbocycles. The Morgan fingerprint density at radius 1 is 1.11 bits per heavy atom. The minimum atomic E-state index is -0.860. The summed E-state index contributed by atoms with van der Waals surface area (Å²) in [6, 6.07) is -0.681. The molecule has 5 nitrogen and oxygen atoms in total. The molecule has 0 radical (unpaired) electrons. The average molecular weight is 284 g/mol. The van der Waals surface area contributed by atoms with Crippen LogP contribution in [0.15, 0.2) is 0 Å². The summed E-state index contributed by atoms with van der Waals surface area (Å²) >= 11 is 1.65. The van der Waals surface area contributed by atoms with E-state index in [0.717, 1.165) is 38.8 Å². The van der Waals surface area contributed by atoms with Crippen LogP contribution >= 0.6 is 11.8 Å². The highest BCUT2D eigenvalue weighted by Crippen LogP contribution is 2.45. The summed E-state index contributed by atoms with van der Waals surface area (Å²) in [6.07, 6.45) is 5.52. The van der Waals surface area contributed by atoms with Gasteiger partial charge in [-0.2, -0.15) is 0 Å². The first-order valence-electron chi connectivity index (χ1n) is 7.10. The molecule has 6 heteroatoms. The summed E-state index contributed by atoms with van der Waals surface area (Å²) < 4.78 is 0. The Balaban J connectivity index is 1.76. The number of nitrogens with zero attached hydrogens (tertiary/aromatic N) is 2. The van der Waals surface area contributed by atoms with Crippen molar-refractivity contribution in [2.45, 2.75) is 43.5 Å². The number of hydrogen-bond acceptors (Lipinski definition) is 3. The third kappa shape index (κ3) is 2.55. The van der Waals surface area contributed by atoms with E-state index in [4.69, 9.17) is 0 Å². The number of carbonyl (C=O) groups is 2. The number of aliphatic carboxylic acids is 1. The number of carboxylic acid groups (broad SMARTS) is 1. The molecule has 0 spiro atoms. The molecule has 0 bridgehead atoms. The van der Waals surface area contributed by atoms with Gasteiger partial charge in [-0.25, -0.2) is 9.59 Å². The molecular weight excluding hydrogens is 264 g/mol. The van der Waals surface area contributed by atoms with E-state index in [1.807, 2.05) is 4.90 Å². The van der Waals surface area contributed by atoms with E-state index in [1.54, 1.807) is 16.7 Å². The number of urea groups is 1. The molecular formula is C13H20N2O3S. The van der Waals surface area contributed by atoms with Gasteiger partial charge in [-0.05, 0) is 38.0 Å². The van der Waals surface area contributed by atoms with Crippen LogP contribution in [-0.4, -0.2) is 57.2 Å². The van der Waals surface area contributed by atoms with Crippen molar-refractivity contribution in [2.24, 2.45) is 5.92 Å². The second kappa shape index (κ2) is 5.23. The first-order valence-corrected chi connectivity index (χ1v) is 8.15. The minimum absolute atomic E-state index is 0.0472. The van der Waals surface area contributed by atoms with Gasteiger partial charge in [-0.3, -0.25) is 4.90 Å². The smallest absolute Gasteiger partial charge is 0.327 e. The third-order valence-electron chi connectivity index (χ3n) is 4.19. The van der Waals surface area contributed by atoms with Gasteiger partial charge in [0.05, 0.1) is 5.37 Å². The van der Waals surface area contributed by atoms with E-state index in [1.165, 1.54) is 6.42 Å². The minimum Gasteiger partial charge on any atom is -0.480 e. The summed E-state index contributed by atoms with van der Waals surface area (Å²) in [7, 11) is 0. The predicted molar refractivity (Wildman–Crippen MR) is 73.1 cm³/mol. The highest BCUT2D eigenvalue weighted by atomic mass is 32.2. The van der Waals surface area contributed by atoms with Crippen molar-refractivity contribution in [3.8, 4) is 0 Å². The number of thioether (sulfide) groups is 1. The fourth-order valence-corrected chi connectivity index (χ4v) is 4.58. The molecule has 0 aromatic carbocycles. The SMILES string of the molecule is O=C(O)C1CSC(C2CC2)N1C(=O)N1CCCCC1. The zero-order chi connectivity index (χ0) is 13.4. The zero-order valence-corrected chi connectivity index (χ0v) is 11.8. The largest absolute Gasteiger partial charge is 0.480 e. The first-order chi connectivity index (χ1) is 9.18. The number of hydrogen-bond donors (Lipinski definition) is 1. The van der Waals surface area contributed by atoms with Gasteiger partial charge in [0.15, 0.2) is 0 Å². The average Bonchev–Trinajstić information content (AvgIpc) is 3.17. The fourth-order valence-electron chi connectivity index (χ4n) is 2.95. The van der Waals surface area contributed by atoms with Gasteiger partial charge in [0.25, 0.3) is 0 Å². The van der Waals surface area contributed by atoms with E-state index in [0.29, 0.717) is 11.7 Å². The van der Waals surface area contributed by atoms with Gasteiger partial charge in [0.2, 0.25) is 0 Å². The molecule has 19 heavy (non-hydrogen) atoms. The summed E-state index contributed by atoms with van der Waals surface area (Å²) in [6.45, 7) is 1.56. The first kappa shape index (κ1) is 13.1. The maximum Gasteiger partial charge on any atom is 0.327 e. The number of likely N-dealkylation sites (tertiary alicyclic amines) is 1. The molecule has 2 heterocycles. The lowest BCUT2D eigenvalue weighted by Gasteiger charge is -2.35. The lowest BCUT2D eigenvalue weighted by atomic mass is 10.1. The van der Waals surface area contributed by atoms with Crippen LogP contribution in [0.3, 0.4) is 0 Å². The van der Waals surface area contributed by atoms with E-state index in [2.05, 4.69) is 0 Å². The van der Waals surface area contributed by atoms with Crippen LogP contribution in [0.1, 0.15) is 32.1 Å². The van der Waals surface area contributed by atoms with Gasteiger partial charge in [0, 0.05) is 18.8 Å². The molecule has 1 aliphatic carbocycles. The molecule has 2 saturated heterocycles. The molecule has 2 amide bonds. The molecule has 2 atom stereocenters. The Hall–Kier alpha value is -0.910. The second-order valence-corrected chi connectivity index (χ2v) is 6.80. The van der Waals surface area contributed by atoms with Gasteiger partial charge >= 0.3 is 12.0 Å². The molecule has 3 aliphatic rings. The van der Waals surface area contributed by atoms with Crippen LogP contribution in [-0.2, 0) is 4.79 Å². The maximum absolute atomic E-state index is 12.6. The molecule has 0 aromatic heterocycles. The standard InChI is InChI=1S/C13H20N2O3S/c16-12(17)10-8-19-11(9-4-5-9)15(10)13(18)14-6-2-1-3-7-14/h9-11H,1-8H2,(H,16,17). The fraction of sp³-hybridized carbons (Fsp3) is 0.846. The maximum atomic E-state index is 12.6. The lowest BCUT2D eigenvalue weighted by molar-refractivity contribution is -0.141. The monoisotopic (exact) mass is 284 g/mol. The van der Waals surface area contributed by atoms with Crippen LogP contribution in [0, 0.1) is 5.92 Å². The number of rotatable bonds is 2. The van der Waals surface area contributed by atoms with Crippen LogP contribution in [0.25, 0.3) is 0 Å². The molecule has 3 rings (SSSR count).